The van der Waals surface area contributed by atoms with E-state index in [9.17, 15) is 19.5 Å². The van der Waals surface area contributed by atoms with E-state index >= 15 is 0 Å². The number of rotatable bonds is 8. The Kier molecular flexibility index (Phi) is 8.56. The fraction of sp³-hybridized carbons (Fsp3) is 0.207. The first-order chi connectivity index (χ1) is 19.2. The number of methoxy groups -OCH3 is 3. The minimum Gasteiger partial charge on any atom is -0.507 e. The first-order valence-corrected chi connectivity index (χ1v) is 12.8. The van der Waals surface area contributed by atoms with Crippen LogP contribution in [0.3, 0.4) is 0 Å². The monoisotopic (exact) mass is 585 g/mol. The number of hydrogen-bond donors (Lipinski definition) is 1. The van der Waals surface area contributed by atoms with E-state index in [1.807, 2.05) is 0 Å². The molecule has 0 aromatic heterocycles. The summed E-state index contributed by atoms with van der Waals surface area (Å²) in [6, 6.07) is 13.0. The van der Waals surface area contributed by atoms with Gasteiger partial charge in [0.25, 0.3) is 11.7 Å². The van der Waals surface area contributed by atoms with Crippen molar-refractivity contribution < 1.29 is 38.4 Å². The molecule has 1 heterocycles. The van der Waals surface area contributed by atoms with Gasteiger partial charge in [0.2, 0.25) is 0 Å². The standard InChI is InChI=1S/C29H25Cl2NO8/c1-5-40-29(36)16-6-10-17(11-7-16)32-23(15-8-12-18(37-2)13-9-15)21(25(34)28(32)35)24(33)19-14-20(30)27(39-4)22(31)26(19)38-3/h6-14,23,33H,5H2,1-4H3/b24-21+. The molecule has 1 N–H and O–H groups in total. The molecule has 0 radical (unpaired) electrons. The number of aliphatic hydroxyl groups is 1. The molecule has 1 aliphatic heterocycles. The van der Waals surface area contributed by atoms with Crippen molar-refractivity contribution >= 4 is 52.3 Å². The van der Waals surface area contributed by atoms with Gasteiger partial charge in [-0.15, -0.1) is 0 Å². The molecular formula is C29H25Cl2NO8. The largest absolute Gasteiger partial charge is 0.507 e. The molecule has 1 atom stereocenters. The molecule has 0 saturated carbocycles. The van der Waals surface area contributed by atoms with Gasteiger partial charge in [0.1, 0.15) is 16.5 Å². The number of amides is 1. The Morgan fingerprint density at radius 1 is 0.925 bits per heavy atom. The van der Waals surface area contributed by atoms with Crippen LogP contribution in [0.1, 0.15) is 34.5 Å². The smallest absolute Gasteiger partial charge is 0.338 e. The molecule has 4 rings (SSSR count). The number of Topliss-reactive ketones (excluding diaryl/α,β-unsaturated/α-hetero) is 1. The predicted molar refractivity (Wildman–Crippen MR) is 150 cm³/mol. The number of esters is 1. The van der Waals surface area contributed by atoms with Crippen LogP contribution in [0.5, 0.6) is 17.2 Å². The number of halogens is 2. The second-order valence-corrected chi connectivity index (χ2v) is 9.28. The Labute approximate surface area is 240 Å². The Balaban J connectivity index is 1.94. The second-order valence-electron chi connectivity index (χ2n) is 8.50. The van der Waals surface area contributed by atoms with Crippen molar-refractivity contribution in [3.63, 3.8) is 0 Å². The summed E-state index contributed by atoms with van der Waals surface area (Å²) in [7, 11) is 4.21. The first kappa shape index (κ1) is 28.8. The van der Waals surface area contributed by atoms with Crippen LogP contribution in [0.2, 0.25) is 10.0 Å². The van der Waals surface area contributed by atoms with Crippen LogP contribution in [-0.2, 0) is 14.3 Å². The lowest BCUT2D eigenvalue weighted by Gasteiger charge is -2.26. The number of carbonyl (C=O) groups is 3. The van der Waals surface area contributed by atoms with Gasteiger partial charge < -0.3 is 24.1 Å². The van der Waals surface area contributed by atoms with Gasteiger partial charge in [0.15, 0.2) is 11.5 Å². The van der Waals surface area contributed by atoms with Crippen molar-refractivity contribution in [2.24, 2.45) is 0 Å². The van der Waals surface area contributed by atoms with E-state index in [4.69, 9.17) is 42.1 Å². The molecule has 3 aromatic rings. The Morgan fingerprint density at radius 2 is 1.55 bits per heavy atom. The number of hydrogen-bond acceptors (Lipinski definition) is 8. The normalized spacial score (nSPS) is 16.1. The first-order valence-electron chi connectivity index (χ1n) is 12.0. The number of ether oxygens (including phenoxy) is 4. The molecule has 11 heteroatoms. The number of anilines is 1. The van der Waals surface area contributed by atoms with Gasteiger partial charge in [0, 0.05) is 5.69 Å². The average Bonchev–Trinajstić information content (AvgIpc) is 3.22. The Morgan fingerprint density at radius 3 is 2.10 bits per heavy atom. The summed E-state index contributed by atoms with van der Waals surface area (Å²) in [5, 5.41) is 11.6. The highest BCUT2D eigenvalue weighted by molar-refractivity contribution is 6.52. The minimum absolute atomic E-state index is 0.00103. The zero-order valence-electron chi connectivity index (χ0n) is 22.0. The quantitative estimate of drug-likeness (QED) is 0.152. The third-order valence-electron chi connectivity index (χ3n) is 6.33. The Bertz CT molecular complexity index is 1500. The molecule has 208 valence electrons. The summed E-state index contributed by atoms with van der Waals surface area (Å²) < 4.78 is 20.9. The van der Waals surface area contributed by atoms with Crippen LogP contribution < -0.4 is 19.1 Å². The van der Waals surface area contributed by atoms with E-state index in [2.05, 4.69) is 0 Å². The third kappa shape index (κ3) is 5.05. The van der Waals surface area contributed by atoms with Gasteiger partial charge in [-0.3, -0.25) is 14.5 Å². The van der Waals surface area contributed by atoms with Crippen molar-refractivity contribution in [2.45, 2.75) is 13.0 Å². The summed E-state index contributed by atoms with van der Waals surface area (Å²) in [4.78, 5) is 40.4. The highest BCUT2D eigenvalue weighted by Gasteiger charge is 2.47. The molecule has 9 nitrogen and oxygen atoms in total. The zero-order valence-corrected chi connectivity index (χ0v) is 23.5. The number of aliphatic hydroxyl groups excluding tert-OH is 1. The van der Waals surface area contributed by atoms with Crippen LogP contribution in [0, 0.1) is 0 Å². The molecule has 1 amide bonds. The lowest BCUT2D eigenvalue weighted by Crippen LogP contribution is -2.29. The molecule has 3 aromatic carbocycles. The number of benzene rings is 3. The van der Waals surface area contributed by atoms with Gasteiger partial charge in [-0.25, -0.2) is 4.79 Å². The summed E-state index contributed by atoms with van der Waals surface area (Å²) in [6.07, 6.45) is 0. The highest BCUT2D eigenvalue weighted by atomic mass is 35.5. The van der Waals surface area contributed by atoms with Crippen molar-refractivity contribution in [2.75, 3.05) is 32.8 Å². The van der Waals surface area contributed by atoms with Crippen LogP contribution in [0.15, 0.2) is 60.2 Å². The van der Waals surface area contributed by atoms with E-state index < -0.39 is 29.5 Å². The van der Waals surface area contributed by atoms with Gasteiger partial charge in [-0.2, -0.15) is 0 Å². The fourth-order valence-electron chi connectivity index (χ4n) is 4.46. The summed E-state index contributed by atoms with van der Waals surface area (Å²) in [6.45, 7) is 1.90. The number of carbonyl (C=O) groups excluding carboxylic acids is 3. The molecule has 1 fully saturated rings. The van der Waals surface area contributed by atoms with E-state index in [1.54, 1.807) is 31.2 Å². The van der Waals surface area contributed by atoms with Crippen LogP contribution in [0.4, 0.5) is 5.69 Å². The van der Waals surface area contributed by atoms with Crippen molar-refractivity contribution in [1.29, 1.82) is 0 Å². The maximum Gasteiger partial charge on any atom is 0.338 e. The maximum absolute atomic E-state index is 13.5. The SMILES string of the molecule is CCOC(=O)c1ccc(N2C(=O)C(=O)/C(=C(/O)c3cc(Cl)c(OC)c(Cl)c3OC)C2c2ccc(OC)cc2)cc1. The third-order valence-corrected chi connectivity index (χ3v) is 6.95. The van der Waals surface area contributed by atoms with Crippen LogP contribution in [0.25, 0.3) is 5.76 Å². The number of nitrogens with zero attached hydrogens (tertiary/aromatic N) is 1. The second kappa shape index (κ2) is 11.9. The van der Waals surface area contributed by atoms with Gasteiger partial charge in [-0.05, 0) is 55.0 Å². The predicted octanol–water partition coefficient (Wildman–Crippen LogP) is 5.82. The molecule has 0 spiro atoms. The van der Waals surface area contributed by atoms with Gasteiger partial charge in [0.05, 0.1) is 55.7 Å². The molecule has 1 aliphatic rings. The van der Waals surface area contributed by atoms with Gasteiger partial charge in [-0.1, -0.05) is 35.3 Å². The summed E-state index contributed by atoms with van der Waals surface area (Å²) in [5.41, 5.74) is 0.858. The molecule has 0 bridgehead atoms. The average molecular weight is 586 g/mol. The van der Waals surface area contributed by atoms with E-state index in [0.717, 1.165) is 0 Å². The summed E-state index contributed by atoms with van der Waals surface area (Å²) in [5.74, 6) is -2.25. The minimum atomic E-state index is -1.07. The summed E-state index contributed by atoms with van der Waals surface area (Å²) >= 11 is 12.8. The zero-order chi connectivity index (χ0) is 29.1. The van der Waals surface area contributed by atoms with Crippen molar-refractivity contribution in [3.8, 4) is 17.2 Å². The fourth-order valence-corrected chi connectivity index (χ4v) is 5.15. The van der Waals surface area contributed by atoms with E-state index in [0.29, 0.717) is 17.0 Å². The highest BCUT2D eigenvalue weighted by Crippen LogP contribution is 2.48. The lowest BCUT2D eigenvalue weighted by molar-refractivity contribution is -0.132. The van der Waals surface area contributed by atoms with E-state index in [-0.39, 0.29) is 44.9 Å². The molecule has 40 heavy (non-hydrogen) atoms. The molecule has 0 aliphatic carbocycles. The van der Waals surface area contributed by atoms with Crippen molar-refractivity contribution in [1.82, 2.24) is 0 Å². The molecule has 1 unspecified atom stereocenters. The number of ketones is 1. The Hall–Kier alpha value is -4.21. The lowest BCUT2D eigenvalue weighted by atomic mass is 9.94. The van der Waals surface area contributed by atoms with Crippen LogP contribution in [-0.4, -0.2) is 50.7 Å². The maximum atomic E-state index is 13.5. The van der Waals surface area contributed by atoms with E-state index in [1.165, 1.54) is 56.6 Å². The van der Waals surface area contributed by atoms with Crippen LogP contribution >= 0.6 is 23.2 Å². The molecular weight excluding hydrogens is 561 g/mol. The van der Waals surface area contributed by atoms with Gasteiger partial charge >= 0.3 is 5.97 Å². The molecule has 1 saturated heterocycles. The topological polar surface area (TPSA) is 112 Å². The van der Waals surface area contributed by atoms with Crippen molar-refractivity contribution in [3.05, 3.63) is 86.9 Å².